The second-order valence-corrected chi connectivity index (χ2v) is 6.58. The van der Waals surface area contributed by atoms with Crippen molar-refractivity contribution in [2.24, 2.45) is 0 Å². The first-order chi connectivity index (χ1) is 6.98. The first-order valence-electron chi connectivity index (χ1n) is 4.90. The van der Waals surface area contributed by atoms with E-state index < -0.39 is 9.84 Å². The van der Waals surface area contributed by atoms with Gasteiger partial charge in [0.05, 0.1) is 23.2 Å². The van der Waals surface area contributed by atoms with Crippen LogP contribution in [0.2, 0.25) is 5.15 Å². The molecule has 4 nitrogen and oxygen atoms in total. The molecule has 1 saturated heterocycles. The first-order valence-corrected chi connectivity index (χ1v) is 7.10. The van der Waals surface area contributed by atoms with E-state index in [0.717, 1.165) is 12.1 Å². The molecule has 1 unspecified atom stereocenters. The Morgan fingerprint density at radius 3 is 2.87 bits per heavy atom. The van der Waals surface area contributed by atoms with Gasteiger partial charge in [-0.2, -0.15) is 5.10 Å². The molecule has 1 atom stereocenters. The van der Waals surface area contributed by atoms with Gasteiger partial charge in [-0.15, -0.1) is 0 Å². The van der Waals surface area contributed by atoms with Crippen LogP contribution in [0.3, 0.4) is 0 Å². The van der Waals surface area contributed by atoms with Crippen LogP contribution in [0.15, 0.2) is 6.07 Å². The predicted octanol–water partition coefficient (Wildman–Crippen LogP) is 1.59. The van der Waals surface area contributed by atoms with E-state index in [2.05, 4.69) is 5.10 Å². The second kappa shape index (κ2) is 3.79. The second-order valence-electron chi connectivity index (χ2n) is 3.96. The Morgan fingerprint density at radius 1 is 1.60 bits per heavy atom. The molecular formula is C9H13ClN2O2S. The summed E-state index contributed by atoms with van der Waals surface area (Å²) >= 11 is 5.98. The van der Waals surface area contributed by atoms with E-state index in [-0.39, 0.29) is 11.8 Å². The Morgan fingerprint density at radius 2 is 2.33 bits per heavy atom. The van der Waals surface area contributed by atoms with E-state index in [9.17, 15) is 8.42 Å². The number of aromatic nitrogens is 2. The quantitative estimate of drug-likeness (QED) is 0.759. The summed E-state index contributed by atoms with van der Waals surface area (Å²) in [5, 5.41) is 4.74. The molecule has 0 spiro atoms. The van der Waals surface area contributed by atoms with Crippen molar-refractivity contribution in [1.29, 1.82) is 0 Å². The molecule has 1 fully saturated rings. The molecule has 2 heterocycles. The molecule has 1 aliphatic heterocycles. The average Bonchev–Trinajstić information content (AvgIpc) is 2.43. The van der Waals surface area contributed by atoms with Gasteiger partial charge in [-0.3, -0.25) is 0 Å². The lowest BCUT2D eigenvalue weighted by molar-refractivity contribution is 0.434. The van der Waals surface area contributed by atoms with Crippen molar-refractivity contribution >= 4 is 21.4 Å². The zero-order valence-corrected chi connectivity index (χ0v) is 10.1. The van der Waals surface area contributed by atoms with Crippen molar-refractivity contribution in [3.63, 3.8) is 0 Å². The van der Waals surface area contributed by atoms with Crippen molar-refractivity contribution < 1.29 is 8.42 Å². The Balaban J connectivity index is 2.28. The number of aryl methyl sites for hydroxylation is 1. The topological polar surface area (TPSA) is 52.0 Å². The van der Waals surface area contributed by atoms with E-state index in [1.165, 1.54) is 0 Å². The van der Waals surface area contributed by atoms with Crippen LogP contribution in [0.5, 0.6) is 0 Å². The molecule has 0 aliphatic carbocycles. The normalized spacial score (nSPS) is 25.3. The van der Waals surface area contributed by atoms with Crippen molar-refractivity contribution in [2.75, 3.05) is 11.5 Å². The van der Waals surface area contributed by atoms with E-state index in [4.69, 9.17) is 11.6 Å². The van der Waals surface area contributed by atoms with Crippen LogP contribution in [0, 0.1) is 6.92 Å². The average molecular weight is 249 g/mol. The highest BCUT2D eigenvalue weighted by atomic mass is 35.5. The van der Waals surface area contributed by atoms with Gasteiger partial charge in [-0.05, 0) is 25.8 Å². The zero-order valence-electron chi connectivity index (χ0n) is 8.48. The number of hydrogen-bond acceptors (Lipinski definition) is 3. The molecular weight excluding hydrogens is 236 g/mol. The maximum atomic E-state index is 11.5. The number of hydrogen-bond donors (Lipinski definition) is 0. The summed E-state index contributed by atoms with van der Waals surface area (Å²) in [7, 11) is -2.91. The minimum absolute atomic E-state index is 0.0926. The van der Waals surface area contributed by atoms with Gasteiger partial charge >= 0.3 is 0 Å². The highest BCUT2D eigenvalue weighted by Crippen LogP contribution is 2.26. The minimum Gasteiger partial charge on any atom is -0.250 e. The standard InChI is InChI=1S/C9H13ClN2O2S/c1-7-5-9(10)12(11-7)8-3-2-4-15(13,14)6-8/h5,8H,2-4,6H2,1H3. The summed E-state index contributed by atoms with van der Waals surface area (Å²) in [4.78, 5) is 0. The summed E-state index contributed by atoms with van der Waals surface area (Å²) in [5.74, 6) is 0.454. The van der Waals surface area contributed by atoms with Crippen LogP contribution in [0.4, 0.5) is 0 Å². The van der Waals surface area contributed by atoms with Crippen LogP contribution in [0.25, 0.3) is 0 Å². The Kier molecular flexibility index (Phi) is 2.77. The van der Waals surface area contributed by atoms with Crippen LogP contribution in [-0.4, -0.2) is 29.7 Å². The Hall–Kier alpha value is -0.550. The van der Waals surface area contributed by atoms with E-state index in [1.54, 1.807) is 10.7 Å². The summed E-state index contributed by atoms with van der Waals surface area (Å²) in [6, 6.07) is 1.66. The summed E-state index contributed by atoms with van der Waals surface area (Å²) < 4.78 is 24.6. The van der Waals surface area contributed by atoms with Gasteiger partial charge in [0, 0.05) is 0 Å². The van der Waals surface area contributed by atoms with Crippen molar-refractivity contribution in [3.05, 3.63) is 16.9 Å². The largest absolute Gasteiger partial charge is 0.250 e. The molecule has 2 rings (SSSR count). The SMILES string of the molecule is Cc1cc(Cl)n(C2CCCS(=O)(=O)C2)n1. The maximum absolute atomic E-state index is 11.5. The number of halogens is 1. The zero-order chi connectivity index (χ0) is 11.1. The molecule has 15 heavy (non-hydrogen) atoms. The fraction of sp³-hybridized carbons (Fsp3) is 0.667. The van der Waals surface area contributed by atoms with Crippen LogP contribution >= 0.6 is 11.6 Å². The molecule has 1 aromatic heterocycles. The molecule has 0 bridgehead atoms. The molecule has 0 radical (unpaired) electrons. The summed E-state index contributed by atoms with van der Waals surface area (Å²) in [6.45, 7) is 1.85. The Labute approximate surface area is 94.2 Å². The lowest BCUT2D eigenvalue weighted by atomic mass is 10.2. The lowest BCUT2D eigenvalue weighted by Gasteiger charge is -2.22. The Bertz CT molecular complexity index is 466. The molecule has 0 saturated carbocycles. The highest BCUT2D eigenvalue weighted by Gasteiger charge is 2.27. The molecule has 0 N–H and O–H groups in total. The van der Waals surface area contributed by atoms with Gasteiger partial charge in [0.1, 0.15) is 5.15 Å². The highest BCUT2D eigenvalue weighted by molar-refractivity contribution is 7.91. The van der Waals surface area contributed by atoms with Crippen molar-refractivity contribution in [3.8, 4) is 0 Å². The maximum Gasteiger partial charge on any atom is 0.152 e. The monoisotopic (exact) mass is 248 g/mol. The number of sulfone groups is 1. The van der Waals surface area contributed by atoms with Gasteiger partial charge in [0.15, 0.2) is 9.84 Å². The fourth-order valence-corrected chi connectivity index (χ4v) is 3.93. The molecule has 84 valence electrons. The molecule has 1 aromatic rings. The van der Waals surface area contributed by atoms with E-state index in [1.807, 2.05) is 6.92 Å². The first kappa shape index (κ1) is 11.0. The number of nitrogens with zero attached hydrogens (tertiary/aromatic N) is 2. The lowest BCUT2D eigenvalue weighted by Crippen LogP contribution is -2.28. The van der Waals surface area contributed by atoms with Gasteiger partial charge in [-0.25, -0.2) is 13.1 Å². The molecule has 0 amide bonds. The van der Waals surface area contributed by atoms with E-state index in [0.29, 0.717) is 17.3 Å². The van der Waals surface area contributed by atoms with Gasteiger partial charge in [0.25, 0.3) is 0 Å². The molecule has 0 aromatic carbocycles. The fourth-order valence-electron chi connectivity index (χ4n) is 1.93. The van der Waals surface area contributed by atoms with Crippen LogP contribution in [-0.2, 0) is 9.84 Å². The minimum atomic E-state index is -2.91. The van der Waals surface area contributed by atoms with Gasteiger partial charge < -0.3 is 0 Å². The molecule has 6 heteroatoms. The smallest absolute Gasteiger partial charge is 0.152 e. The van der Waals surface area contributed by atoms with Gasteiger partial charge in [0.2, 0.25) is 0 Å². The third-order valence-corrected chi connectivity index (χ3v) is 4.68. The van der Waals surface area contributed by atoms with Crippen molar-refractivity contribution in [2.45, 2.75) is 25.8 Å². The van der Waals surface area contributed by atoms with Crippen LogP contribution in [0.1, 0.15) is 24.6 Å². The van der Waals surface area contributed by atoms with Crippen molar-refractivity contribution in [1.82, 2.24) is 9.78 Å². The van der Waals surface area contributed by atoms with Crippen LogP contribution < -0.4 is 0 Å². The summed E-state index contributed by atoms with van der Waals surface area (Å²) in [6.07, 6.45) is 1.53. The predicted molar refractivity (Wildman–Crippen MR) is 58.9 cm³/mol. The third-order valence-electron chi connectivity index (χ3n) is 2.60. The molecule has 1 aliphatic rings. The third kappa shape index (κ3) is 2.34. The number of rotatable bonds is 1. The van der Waals surface area contributed by atoms with Gasteiger partial charge in [-0.1, -0.05) is 11.6 Å². The van der Waals surface area contributed by atoms with E-state index >= 15 is 0 Å². The summed E-state index contributed by atoms with van der Waals surface area (Å²) in [5.41, 5.74) is 0.822.